The third kappa shape index (κ3) is 4.48. The minimum absolute atomic E-state index is 0.225. The Balaban J connectivity index is 2.27. The molecule has 0 atom stereocenters. The highest BCUT2D eigenvalue weighted by Crippen LogP contribution is 2.31. The van der Waals surface area contributed by atoms with Crippen molar-refractivity contribution in [2.75, 3.05) is 19.7 Å². The van der Waals surface area contributed by atoms with E-state index in [1.807, 2.05) is 6.07 Å². The molecule has 0 unspecified atom stereocenters. The molecule has 0 radical (unpaired) electrons. The number of rotatable bonds is 7. The Bertz CT molecular complexity index is 605. The molecule has 0 saturated carbocycles. The van der Waals surface area contributed by atoms with Gasteiger partial charge in [0, 0.05) is 13.1 Å². The summed E-state index contributed by atoms with van der Waals surface area (Å²) in [6.07, 6.45) is 5.11. The lowest BCUT2D eigenvalue weighted by Gasteiger charge is -2.26. The van der Waals surface area contributed by atoms with Gasteiger partial charge >= 0.3 is 0 Å². The molecular formula is C18H29NO3S. The van der Waals surface area contributed by atoms with Gasteiger partial charge in [0.05, 0.1) is 11.5 Å². The zero-order chi connectivity index (χ0) is 16.9. The van der Waals surface area contributed by atoms with Crippen LogP contribution in [0.25, 0.3) is 0 Å². The van der Waals surface area contributed by atoms with Crippen molar-refractivity contribution < 1.29 is 13.2 Å². The molecule has 1 aromatic rings. The highest BCUT2D eigenvalue weighted by Gasteiger charge is 2.27. The number of benzene rings is 1. The van der Waals surface area contributed by atoms with E-state index in [2.05, 4.69) is 20.8 Å². The highest BCUT2D eigenvalue weighted by molar-refractivity contribution is 7.89. The molecular weight excluding hydrogens is 310 g/mol. The minimum atomic E-state index is -3.38. The molecule has 2 rings (SSSR count). The highest BCUT2D eigenvalue weighted by atomic mass is 32.2. The predicted molar refractivity (Wildman–Crippen MR) is 93.5 cm³/mol. The normalized spacial score (nSPS) is 16.7. The van der Waals surface area contributed by atoms with E-state index in [1.165, 1.54) is 0 Å². The van der Waals surface area contributed by atoms with Gasteiger partial charge in [-0.05, 0) is 48.9 Å². The molecule has 0 aliphatic carbocycles. The molecule has 0 N–H and O–H groups in total. The average molecular weight is 340 g/mol. The molecule has 1 aliphatic heterocycles. The van der Waals surface area contributed by atoms with Gasteiger partial charge in [0.25, 0.3) is 0 Å². The molecule has 5 heteroatoms. The van der Waals surface area contributed by atoms with E-state index >= 15 is 0 Å². The summed E-state index contributed by atoms with van der Waals surface area (Å²) < 4.78 is 33.1. The maximum Gasteiger partial charge on any atom is 0.243 e. The Morgan fingerprint density at radius 3 is 2.48 bits per heavy atom. The number of hydrogen-bond acceptors (Lipinski definition) is 3. The monoisotopic (exact) mass is 339 g/mol. The van der Waals surface area contributed by atoms with Crippen molar-refractivity contribution in [3.8, 4) is 5.75 Å². The molecule has 23 heavy (non-hydrogen) atoms. The molecule has 0 amide bonds. The molecule has 0 aromatic heterocycles. The zero-order valence-electron chi connectivity index (χ0n) is 14.5. The summed E-state index contributed by atoms with van der Waals surface area (Å²) in [5.41, 5.74) is 0.971. The number of sulfonamides is 1. The summed E-state index contributed by atoms with van der Waals surface area (Å²) in [6.45, 7) is 8.20. The van der Waals surface area contributed by atoms with Crippen LogP contribution in [0.15, 0.2) is 23.1 Å². The van der Waals surface area contributed by atoms with E-state index in [0.29, 0.717) is 24.6 Å². The van der Waals surface area contributed by atoms with Crippen molar-refractivity contribution >= 4 is 10.0 Å². The third-order valence-corrected chi connectivity index (χ3v) is 6.21. The van der Waals surface area contributed by atoms with Crippen LogP contribution < -0.4 is 4.74 Å². The summed E-state index contributed by atoms with van der Waals surface area (Å²) in [5.74, 6) is 1.04. The average Bonchev–Trinajstić information content (AvgIpc) is 2.56. The van der Waals surface area contributed by atoms with Crippen LogP contribution in [0.2, 0.25) is 0 Å². The van der Waals surface area contributed by atoms with E-state index in [-0.39, 0.29) is 5.92 Å². The molecule has 4 nitrogen and oxygen atoms in total. The molecule has 1 heterocycles. The first-order valence-corrected chi connectivity index (χ1v) is 10.2. The van der Waals surface area contributed by atoms with Gasteiger partial charge in [0.2, 0.25) is 10.0 Å². The lowest BCUT2D eigenvalue weighted by atomic mass is 10.0. The van der Waals surface area contributed by atoms with Gasteiger partial charge in [-0.25, -0.2) is 8.42 Å². The van der Waals surface area contributed by atoms with E-state index < -0.39 is 10.0 Å². The van der Waals surface area contributed by atoms with Crippen molar-refractivity contribution in [3.05, 3.63) is 23.8 Å². The van der Waals surface area contributed by atoms with Crippen LogP contribution >= 0.6 is 0 Å². The molecule has 1 aromatic carbocycles. The molecule has 0 bridgehead atoms. The van der Waals surface area contributed by atoms with Crippen LogP contribution in [0.5, 0.6) is 5.75 Å². The van der Waals surface area contributed by atoms with Gasteiger partial charge < -0.3 is 4.74 Å². The van der Waals surface area contributed by atoms with Crippen molar-refractivity contribution in [1.29, 1.82) is 0 Å². The fourth-order valence-electron chi connectivity index (χ4n) is 2.85. The summed E-state index contributed by atoms with van der Waals surface area (Å²) >= 11 is 0. The van der Waals surface area contributed by atoms with E-state index in [1.54, 1.807) is 16.4 Å². The van der Waals surface area contributed by atoms with Crippen LogP contribution in [0.3, 0.4) is 0 Å². The standard InChI is InChI=1S/C18H29NO3S/c1-4-5-13-22-18-10-9-16(14-17(18)15(2)3)23(20,21)19-11-7-6-8-12-19/h9-10,14-15H,4-8,11-13H2,1-3H3. The van der Waals surface area contributed by atoms with Gasteiger partial charge in [-0.1, -0.05) is 33.6 Å². The third-order valence-electron chi connectivity index (χ3n) is 4.31. The Morgan fingerprint density at radius 1 is 1.17 bits per heavy atom. The first-order valence-electron chi connectivity index (χ1n) is 8.73. The Kier molecular flexibility index (Phi) is 6.48. The second-order valence-corrected chi connectivity index (χ2v) is 8.46. The number of unbranched alkanes of at least 4 members (excludes halogenated alkanes) is 1. The quantitative estimate of drug-likeness (QED) is 0.701. The predicted octanol–water partition coefficient (Wildman–Crippen LogP) is 4.16. The fraction of sp³-hybridized carbons (Fsp3) is 0.667. The second-order valence-electron chi connectivity index (χ2n) is 6.52. The smallest absolute Gasteiger partial charge is 0.243 e. The Morgan fingerprint density at radius 2 is 1.87 bits per heavy atom. The molecule has 130 valence electrons. The van der Waals surface area contributed by atoms with Gasteiger partial charge in [0.1, 0.15) is 5.75 Å². The van der Waals surface area contributed by atoms with Gasteiger partial charge in [-0.3, -0.25) is 0 Å². The lowest BCUT2D eigenvalue weighted by molar-refractivity contribution is 0.305. The van der Waals surface area contributed by atoms with E-state index in [9.17, 15) is 8.42 Å². The number of piperidine rings is 1. The first-order chi connectivity index (χ1) is 11.0. The maximum absolute atomic E-state index is 12.8. The van der Waals surface area contributed by atoms with Crippen molar-refractivity contribution in [1.82, 2.24) is 4.31 Å². The van der Waals surface area contributed by atoms with Crippen LogP contribution in [-0.2, 0) is 10.0 Å². The van der Waals surface area contributed by atoms with Crippen molar-refractivity contribution in [3.63, 3.8) is 0 Å². The van der Waals surface area contributed by atoms with Crippen LogP contribution in [0, 0.1) is 0 Å². The topological polar surface area (TPSA) is 46.6 Å². The van der Waals surface area contributed by atoms with Gasteiger partial charge in [-0.15, -0.1) is 0 Å². The summed E-state index contributed by atoms with van der Waals surface area (Å²) in [5, 5.41) is 0. The summed E-state index contributed by atoms with van der Waals surface area (Å²) in [6, 6.07) is 5.31. The Hall–Kier alpha value is -1.07. The number of ether oxygens (including phenoxy) is 1. The van der Waals surface area contributed by atoms with Gasteiger partial charge in [0.15, 0.2) is 0 Å². The minimum Gasteiger partial charge on any atom is -0.493 e. The number of nitrogens with zero attached hydrogens (tertiary/aromatic N) is 1. The largest absolute Gasteiger partial charge is 0.493 e. The zero-order valence-corrected chi connectivity index (χ0v) is 15.4. The van der Waals surface area contributed by atoms with Crippen LogP contribution in [-0.4, -0.2) is 32.4 Å². The fourth-order valence-corrected chi connectivity index (χ4v) is 4.40. The molecule has 1 fully saturated rings. The number of hydrogen-bond donors (Lipinski definition) is 0. The first kappa shape index (κ1) is 18.3. The molecule has 0 spiro atoms. The lowest BCUT2D eigenvalue weighted by Crippen LogP contribution is -2.35. The SMILES string of the molecule is CCCCOc1ccc(S(=O)(=O)N2CCCCC2)cc1C(C)C. The molecule has 1 saturated heterocycles. The van der Waals surface area contributed by atoms with Crippen LogP contribution in [0.4, 0.5) is 0 Å². The van der Waals surface area contributed by atoms with Crippen LogP contribution in [0.1, 0.15) is 64.4 Å². The summed E-state index contributed by atoms with van der Waals surface area (Å²) in [4.78, 5) is 0.394. The summed E-state index contributed by atoms with van der Waals surface area (Å²) in [7, 11) is -3.38. The van der Waals surface area contributed by atoms with Crippen molar-refractivity contribution in [2.45, 2.75) is 63.7 Å². The Labute approximate surface area is 140 Å². The van der Waals surface area contributed by atoms with E-state index in [0.717, 1.165) is 43.4 Å². The van der Waals surface area contributed by atoms with E-state index in [4.69, 9.17) is 4.74 Å². The molecule has 1 aliphatic rings. The second kappa shape index (κ2) is 8.15. The van der Waals surface area contributed by atoms with Crippen molar-refractivity contribution in [2.24, 2.45) is 0 Å². The maximum atomic E-state index is 12.8. The van der Waals surface area contributed by atoms with Gasteiger partial charge in [-0.2, -0.15) is 4.31 Å².